The molecule has 0 spiro atoms. The number of rotatable bonds is 12. The van der Waals surface area contributed by atoms with Crippen LogP contribution in [-0.4, -0.2) is 43.9 Å². The topological polar surface area (TPSA) is 186 Å². The highest BCUT2D eigenvalue weighted by Crippen LogP contribution is 2.30. The number of benzene rings is 6. The molecule has 6 aromatic rings. The molecule has 15 heteroatoms. The second-order valence-electron chi connectivity index (χ2n) is 13.4. The van der Waals surface area contributed by atoms with Crippen LogP contribution in [0.4, 0.5) is 22.7 Å². The third-order valence-corrected chi connectivity index (χ3v) is 11.1. The molecule has 0 saturated carbocycles. The summed E-state index contributed by atoms with van der Waals surface area (Å²) in [6.45, 7) is 0. The number of hydrogen-bond donors (Lipinski definition) is 2. The highest BCUT2D eigenvalue weighted by atomic mass is 32.2. The third-order valence-electron chi connectivity index (χ3n) is 9.36. The number of ether oxygens (including phenoxy) is 2. The maximum Gasteiger partial charge on any atom is 0.258 e. The number of nitrogens with zero attached hydrogens (tertiary/aromatic N) is 2. The van der Waals surface area contributed by atoms with Gasteiger partial charge in [0, 0.05) is 46.8 Å². The minimum absolute atomic E-state index is 0.0533. The first-order valence-electron chi connectivity index (χ1n) is 18.4. The molecular formula is C46H30N4O10S. The van der Waals surface area contributed by atoms with Gasteiger partial charge in [-0.3, -0.25) is 28.8 Å². The molecule has 14 nitrogen and oxygen atoms in total. The van der Waals surface area contributed by atoms with E-state index in [-0.39, 0.29) is 9.79 Å². The molecule has 6 amide bonds. The van der Waals surface area contributed by atoms with Gasteiger partial charge in [0.05, 0.1) is 21.2 Å². The molecule has 61 heavy (non-hydrogen) atoms. The summed E-state index contributed by atoms with van der Waals surface area (Å²) in [5.74, 6) is -0.937. The lowest BCUT2D eigenvalue weighted by Crippen LogP contribution is -2.29. The van der Waals surface area contributed by atoms with E-state index in [1.165, 1.54) is 121 Å². The van der Waals surface area contributed by atoms with Crippen LogP contribution in [0.2, 0.25) is 0 Å². The zero-order valence-corrected chi connectivity index (χ0v) is 32.4. The van der Waals surface area contributed by atoms with Gasteiger partial charge in [0.1, 0.15) is 23.0 Å². The lowest BCUT2D eigenvalue weighted by Gasteiger charge is -2.14. The van der Waals surface area contributed by atoms with Crippen molar-refractivity contribution in [2.45, 2.75) is 9.79 Å². The Morgan fingerprint density at radius 3 is 0.967 bits per heavy atom. The normalized spacial score (nSPS) is 13.4. The fourth-order valence-corrected chi connectivity index (χ4v) is 7.50. The maximum absolute atomic E-state index is 13.4. The van der Waals surface area contributed by atoms with Crippen LogP contribution in [0.25, 0.3) is 0 Å². The molecule has 300 valence electrons. The Labute approximate surface area is 347 Å². The fourth-order valence-electron chi connectivity index (χ4n) is 6.23. The highest BCUT2D eigenvalue weighted by Gasteiger charge is 2.26. The molecule has 2 aliphatic heterocycles. The Morgan fingerprint density at radius 1 is 0.393 bits per heavy atom. The molecule has 2 N–H and O–H groups in total. The van der Waals surface area contributed by atoms with Crippen molar-refractivity contribution < 1.29 is 46.7 Å². The van der Waals surface area contributed by atoms with Gasteiger partial charge in [0.15, 0.2) is 0 Å². The summed E-state index contributed by atoms with van der Waals surface area (Å²) >= 11 is 0. The molecule has 0 bridgehead atoms. The van der Waals surface area contributed by atoms with Gasteiger partial charge >= 0.3 is 0 Å². The molecule has 0 unspecified atom stereocenters. The third kappa shape index (κ3) is 8.57. The minimum atomic E-state index is -3.88. The van der Waals surface area contributed by atoms with E-state index in [1.807, 2.05) is 0 Å². The number of anilines is 4. The van der Waals surface area contributed by atoms with E-state index in [1.54, 1.807) is 48.5 Å². The average Bonchev–Trinajstić information content (AvgIpc) is 3.80. The number of nitrogens with one attached hydrogen (secondary N) is 2. The molecular weight excluding hydrogens is 801 g/mol. The maximum atomic E-state index is 13.4. The van der Waals surface area contributed by atoms with E-state index in [2.05, 4.69) is 10.6 Å². The highest BCUT2D eigenvalue weighted by molar-refractivity contribution is 7.91. The lowest BCUT2D eigenvalue weighted by molar-refractivity contribution is -0.121. The van der Waals surface area contributed by atoms with Gasteiger partial charge in [-0.15, -0.1) is 0 Å². The quantitative estimate of drug-likeness (QED) is 0.117. The van der Waals surface area contributed by atoms with Gasteiger partial charge in [-0.05, 0) is 146 Å². The van der Waals surface area contributed by atoms with Gasteiger partial charge < -0.3 is 20.1 Å². The summed E-state index contributed by atoms with van der Waals surface area (Å²) in [6, 6.07) is 37.1. The first-order valence-corrected chi connectivity index (χ1v) is 19.9. The Balaban J connectivity index is 0.818. The summed E-state index contributed by atoms with van der Waals surface area (Å²) in [6.07, 6.45) is 4.73. The largest absolute Gasteiger partial charge is 0.457 e. The van der Waals surface area contributed by atoms with Crippen molar-refractivity contribution in [2.24, 2.45) is 0 Å². The molecule has 0 radical (unpaired) electrons. The van der Waals surface area contributed by atoms with Crippen molar-refractivity contribution in [1.29, 1.82) is 0 Å². The Kier molecular flexibility index (Phi) is 10.6. The number of amides is 6. The number of carbonyl (C=O) groups is 6. The first-order chi connectivity index (χ1) is 29.4. The second kappa shape index (κ2) is 16.4. The smallest absolute Gasteiger partial charge is 0.258 e. The number of hydrogen-bond acceptors (Lipinski definition) is 10. The monoisotopic (exact) mass is 830 g/mol. The molecule has 8 rings (SSSR count). The number of carbonyl (C=O) groups excluding carboxylic acids is 6. The average molecular weight is 831 g/mol. The van der Waals surface area contributed by atoms with Crippen LogP contribution in [0.3, 0.4) is 0 Å². The van der Waals surface area contributed by atoms with E-state index in [4.69, 9.17) is 9.47 Å². The van der Waals surface area contributed by atoms with E-state index in [9.17, 15) is 37.2 Å². The van der Waals surface area contributed by atoms with Crippen molar-refractivity contribution in [1.82, 2.24) is 0 Å². The Morgan fingerprint density at radius 2 is 0.672 bits per heavy atom. The van der Waals surface area contributed by atoms with Gasteiger partial charge in [-0.1, -0.05) is 0 Å². The summed E-state index contributed by atoms with van der Waals surface area (Å²) in [5.41, 5.74) is 2.34. The van der Waals surface area contributed by atoms with E-state index in [0.717, 1.165) is 9.80 Å². The molecule has 0 aliphatic carbocycles. The summed E-state index contributed by atoms with van der Waals surface area (Å²) in [4.78, 5) is 75.4. The molecule has 0 fully saturated rings. The van der Waals surface area contributed by atoms with Crippen LogP contribution in [0.5, 0.6) is 23.0 Å². The molecule has 0 atom stereocenters. The molecule has 6 aromatic carbocycles. The van der Waals surface area contributed by atoms with Gasteiger partial charge in [0.2, 0.25) is 9.84 Å². The number of imide groups is 2. The van der Waals surface area contributed by atoms with Crippen molar-refractivity contribution in [3.05, 3.63) is 181 Å². The lowest BCUT2D eigenvalue weighted by atomic mass is 10.1. The van der Waals surface area contributed by atoms with Gasteiger partial charge in [-0.2, -0.15) is 0 Å². The van der Waals surface area contributed by atoms with Crippen molar-refractivity contribution in [3.63, 3.8) is 0 Å². The van der Waals surface area contributed by atoms with Gasteiger partial charge in [0.25, 0.3) is 35.4 Å². The van der Waals surface area contributed by atoms with Crippen LogP contribution < -0.4 is 29.9 Å². The minimum Gasteiger partial charge on any atom is -0.457 e. The molecule has 2 aliphatic rings. The van der Waals surface area contributed by atoms with Crippen molar-refractivity contribution in [3.8, 4) is 23.0 Å². The van der Waals surface area contributed by atoms with Crippen LogP contribution in [-0.2, 0) is 29.0 Å². The van der Waals surface area contributed by atoms with E-state index < -0.39 is 45.3 Å². The molecule has 0 aromatic heterocycles. The van der Waals surface area contributed by atoms with E-state index >= 15 is 0 Å². The van der Waals surface area contributed by atoms with Crippen molar-refractivity contribution in [2.75, 3.05) is 20.4 Å². The SMILES string of the molecule is O=C(Nc1ccc(Oc2ccc(S(=O)(=O)c3ccc(Oc4ccc(NC(=O)c5ccc(N6C(=O)C=CC6=O)cc5)cc4)cc3)cc2)cc1)c1ccc(N2C(=O)C=CC2=O)cc1. The van der Waals surface area contributed by atoms with E-state index in [0.29, 0.717) is 56.9 Å². The summed E-state index contributed by atoms with van der Waals surface area (Å²) in [7, 11) is -3.88. The summed E-state index contributed by atoms with van der Waals surface area (Å²) < 4.78 is 38.6. The number of sulfone groups is 1. The van der Waals surface area contributed by atoms with Crippen LogP contribution in [0, 0.1) is 0 Å². The molecule has 0 saturated heterocycles. The fraction of sp³-hybridized carbons (Fsp3) is 0. The predicted octanol–water partition coefficient (Wildman–Crippen LogP) is 7.47. The predicted molar refractivity (Wildman–Crippen MR) is 223 cm³/mol. The van der Waals surface area contributed by atoms with Crippen molar-refractivity contribution >= 4 is 68.0 Å². The van der Waals surface area contributed by atoms with Crippen LogP contribution in [0.1, 0.15) is 20.7 Å². The Bertz CT molecular complexity index is 2660. The zero-order valence-electron chi connectivity index (χ0n) is 31.6. The van der Waals surface area contributed by atoms with Crippen LogP contribution >= 0.6 is 0 Å². The molecule has 2 heterocycles. The Hall–Kier alpha value is -8.43. The van der Waals surface area contributed by atoms with Crippen LogP contribution in [0.15, 0.2) is 180 Å². The van der Waals surface area contributed by atoms with Gasteiger partial charge in [-0.25, -0.2) is 18.2 Å². The zero-order chi connectivity index (χ0) is 42.7. The second-order valence-corrected chi connectivity index (χ2v) is 15.3. The summed E-state index contributed by atoms with van der Waals surface area (Å²) in [5, 5.41) is 5.55. The first kappa shape index (κ1) is 39.4. The standard InChI is InChI=1S/C46H30N4O10S/c51-41-25-26-42(52)49(41)33-9-1-29(2-10-33)45(55)47-31-5-13-35(14-6-31)59-37-17-21-39(22-18-37)61(57,58)40-23-19-38(20-24-40)60-36-15-7-32(8-16-36)48-46(56)30-3-11-34(12-4-30)50-43(53)27-28-44(50)54/h1-28H,(H,47,55)(H,48,56).